The summed E-state index contributed by atoms with van der Waals surface area (Å²) in [5.41, 5.74) is 0. The maximum absolute atomic E-state index is 11.7. The van der Waals surface area contributed by atoms with Gasteiger partial charge in [0.2, 0.25) is 5.89 Å². The molecule has 1 aromatic rings. The molecule has 17 heavy (non-hydrogen) atoms. The number of carbonyl (C=O) groups is 1. The average Bonchev–Trinajstić information content (AvgIpc) is 2.80. The fourth-order valence-corrected chi connectivity index (χ4v) is 2.10. The van der Waals surface area contributed by atoms with Gasteiger partial charge in [-0.1, -0.05) is 11.6 Å². The van der Waals surface area contributed by atoms with Crippen molar-refractivity contribution >= 4 is 5.78 Å². The molecule has 2 atom stereocenters. The smallest absolute Gasteiger partial charge is 0.227 e. The molecule has 0 radical (unpaired) electrons. The maximum atomic E-state index is 11.7. The van der Waals surface area contributed by atoms with Gasteiger partial charge in [-0.05, 0) is 19.8 Å². The van der Waals surface area contributed by atoms with Crippen molar-refractivity contribution in [2.75, 3.05) is 7.11 Å². The van der Waals surface area contributed by atoms with Crippen LogP contribution in [0, 0.1) is 5.92 Å². The van der Waals surface area contributed by atoms with Crippen molar-refractivity contribution < 1.29 is 14.1 Å². The topological polar surface area (TPSA) is 65.2 Å². The van der Waals surface area contributed by atoms with Crippen LogP contribution in [-0.4, -0.2) is 23.0 Å². The molecular weight excluding hydrogens is 220 g/mol. The van der Waals surface area contributed by atoms with Crippen molar-refractivity contribution in [3.63, 3.8) is 0 Å². The Balaban J connectivity index is 1.98. The molecule has 0 bridgehead atoms. The summed E-state index contributed by atoms with van der Waals surface area (Å²) in [6.07, 6.45) is 4.17. The van der Waals surface area contributed by atoms with E-state index in [-0.39, 0.29) is 12.0 Å². The molecule has 5 nitrogen and oxygen atoms in total. The third-order valence-corrected chi connectivity index (χ3v) is 3.30. The first-order valence-electron chi connectivity index (χ1n) is 6.08. The third kappa shape index (κ3) is 2.91. The third-order valence-electron chi connectivity index (χ3n) is 3.30. The van der Waals surface area contributed by atoms with Crippen LogP contribution in [0.25, 0.3) is 0 Å². The Morgan fingerprint density at radius 2 is 2.35 bits per heavy atom. The van der Waals surface area contributed by atoms with E-state index < -0.39 is 0 Å². The van der Waals surface area contributed by atoms with Crippen LogP contribution in [0.5, 0.6) is 0 Å². The Morgan fingerprint density at radius 1 is 1.53 bits per heavy atom. The van der Waals surface area contributed by atoms with Crippen molar-refractivity contribution in [1.29, 1.82) is 0 Å². The first kappa shape index (κ1) is 12.2. The molecule has 0 spiro atoms. The number of ketones is 1. The molecule has 5 heteroatoms. The minimum atomic E-state index is -0.172. The summed E-state index contributed by atoms with van der Waals surface area (Å²) in [4.78, 5) is 15.9. The highest BCUT2D eigenvalue weighted by Gasteiger charge is 2.25. The number of Topliss-reactive ketones (excluding diaryl/α,β-unsaturated/α-hetero) is 1. The van der Waals surface area contributed by atoms with Crippen molar-refractivity contribution in [1.82, 2.24) is 10.1 Å². The van der Waals surface area contributed by atoms with E-state index in [2.05, 4.69) is 10.1 Å². The molecule has 2 unspecified atom stereocenters. The zero-order chi connectivity index (χ0) is 12.3. The molecule has 1 aliphatic carbocycles. The van der Waals surface area contributed by atoms with E-state index in [0.717, 1.165) is 19.3 Å². The van der Waals surface area contributed by atoms with Gasteiger partial charge < -0.3 is 9.26 Å². The van der Waals surface area contributed by atoms with Crippen molar-refractivity contribution in [2.24, 2.45) is 5.92 Å². The molecule has 0 saturated heterocycles. The van der Waals surface area contributed by atoms with Crippen LogP contribution in [-0.2, 0) is 16.0 Å². The van der Waals surface area contributed by atoms with Crippen LogP contribution in [0.2, 0.25) is 0 Å². The second-order valence-corrected chi connectivity index (χ2v) is 4.54. The number of rotatable bonds is 4. The SMILES string of the molecule is COC(C)c1noc(CC2CCCCC2=O)n1. The van der Waals surface area contributed by atoms with Crippen LogP contribution in [0.1, 0.15) is 50.4 Å². The molecule has 1 heterocycles. The number of ether oxygens (including phenoxy) is 1. The van der Waals surface area contributed by atoms with E-state index >= 15 is 0 Å². The zero-order valence-electron chi connectivity index (χ0n) is 10.3. The second-order valence-electron chi connectivity index (χ2n) is 4.54. The summed E-state index contributed by atoms with van der Waals surface area (Å²) >= 11 is 0. The number of methoxy groups -OCH3 is 1. The van der Waals surface area contributed by atoms with E-state index in [1.807, 2.05) is 6.92 Å². The fourth-order valence-electron chi connectivity index (χ4n) is 2.10. The Morgan fingerprint density at radius 3 is 3.06 bits per heavy atom. The molecule has 1 aliphatic rings. The molecular formula is C12H18N2O3. The standard InChI is InChI=1S/C12H18N2O3/c1-8(16-2)12-13-11(17-14-12)7-9-5-3-4-6-10(9)15/h8-9H,3-7H2,1-2H3. The lowest BCUT2D eigenvalue weighted by Gasteiger charge is -2.18. The molecule has 0 N–H and O–H groups in total. The highest BCUT2D eigenvalue weighted by atomic mass is 16.5. The van der Waals surface area contributed by atoms with Gasteiger partial charge in [-0.3, -0.25) is 4.79 Å². The number of nitrogens with zero attached hydrogens (tertiary/aromatic N) is 2. The van der Waals surface area contributed by atoms with Gasteiger partial charge in [0, 0.05) is 25.9 Å². The minimum Gasteiger partial charge on any atom is -0.374 e. The highest BCUT2D eigenvalue weighted by Crippen LogP contribution is 2.24. The Labute approximate surface area is 101 Å². The quantitative estimate of drug-likeness (QED) is 0.803. The van der Waals surface area contributed by atoms with Crippen LogP contribution in [0.4, 0.5) is 0 Å². The summed E-state index contributed by atoms with van der Waals surface area (Å²) in [6.45, 7) is 1.86. The van der Waals surface area contributed by atoms with E-state index in [4.69, 9.17) is 9.26 Å². The lowest BCUT2D eigenvalue weighted by molar-refractivity contribution is -0.124. The van der Waals surface area contributed by atoms with Crippen molar-refractivity contribution in [2.45, 2.75) is 45.1 Å². The van der Waals surface area contributed by atoms with Crippen LogP contribution < -0.4 is 0 Å². The van der Waals surface area contributed by atoms with Gasteiger partial charge in [-0.25, -0.2) is 0 Å². The lowest BCUT2D eigenvalue weighted by Crippen LogP contribution is -2.21. The monoisotopic (exact) mass is 238 g/mol. The average molecular weight is 238 g/mol. The van der Waals surface area contributed by atoms with Crippen molar-refractivity contribution in [3.8, 4) is 0 Å². The highest BCUT2D eigenvalue weighted by molar-refractivity contribution is 5.81. The van der Waals surface area contributed by atoms with Crippen LogP contribution in [0.15, 0.2) is 4.52 Å². The van der Waals surface area contributed by atoms with Gasteiger partial charge in [-0.2, -0.15) is 4.98 Å². The summed E-state index contributed by atoms with van der Waals surface area (Å²) in [5.74, 6) is 1.49. The fraction of sp³-hybridized carbons (Fsp3) is 0.750. The zero-order valence-corrected chi connectivity index (χ0v) is 10.3. The van der Waals surface area contributed by atoms with E-state index in [9.17, 15) is 4.79 Å². The Hall–Kier alpha value is -1.23. The number of aromatic nitrogens is 2. The molecule has 94 valence electrons. The Bertz CT molecular complexity index is 389. The molecule has 1 aromatic heterocycles. The van der Waals surface area contributed by atoms with Gasteiger partial charge in [0.25, 0.3) is 0 Å². The van der Waals surface area contributed by atoms with Crippen LogP contribution in [0.3, 0.4) is 0 Å². The van der Waals surface area contributed by atoms with Gasteiger partial charge in [0.1, 0.15) is 11.9 Å². The predicted molar refractivity (Wildman–Crippen MR) is 60.4 cm³/mol. The second kappa shape index (κ2) is 5.40. The Kier molecular flexibility index (Phi) is 3.89. The largest absolute Gasteiger partial charge is 0.374 e. The number of hydrogen-bond donors (Lipinski definition) is 0. The normalized spacial score (nSPS) is 22.7. The summed E-state index contributed by atoms with van der Waals surface area (Å²) in [5, 5.41) is 3.86. The molecule has 0 aromatic carbocycles. The molecule has 1 fully saturated rings. The summed E-state index contributed by atoms with van der Waals surface area (Å²) in [7, 11) is 1.60. The first-order chi connectivity index (χ1) is 8.20. The van der Waals surface area contributed by atoms with Gasteiger partial charge >= 0.3 is 0 Å². The van der Waals surface area contributed by atoms with E-state index in [1.165, 1.54) is 0 Å². The van der Waals surface area contributed by atoms with Crippen LogP contribution >= 0.6 is 0 Å². The van der Waals surface area contributed by atoms with E-state index in [1.54, 1.807) is 7.11 Å². The number of carbonyl (C=O) groups excluding carboxylic acids is 1. The van der Waals surface area contributed by atoms with Gasteiger partial charge in [-0.15, -0.1) is 0 Å². The van der Waals surface area contributed by atoms with Gasteiger partial charge in [0.05, 0.1) is 0 Å². The van der Waals surface area contributed by atoms with Gasteiger partial charge in [0.15, 0.2) is 5.82 Å². The van der Waals surface area contributed by atoms with E-state index in [0.29, 0.717) is 30.3 Å². The lowest BCUT2D eigenvalue weighted by atomic mass is 9.86. The molecule has 1 saturated carbocycles. The summed E-state index contributed by atoms with van der Waals surface area (Å²) < 4.78 is 10.3. The minimum absolute atomic E-state index is 0.0647. The first-order valence-corrected chi connectivity index (χ1v) is 6.08. The van der Waals surface area contributed by atoms with Crippen molar-refractivity contribution in [3.05, 3.63) is 11.7 Å². The molecule has 2 rings (SSSR count). The molecule has 0 aliphatic heterocycles. The maximum Gasteiger partial charge on any atom is 0.227 e. The number of hydrogen-bond acceptors (Lipinski definition) is 5. The predicted octanol–water partition coefficient (Wildman–Crippen LogP) is 2.08. The summed E-state index contributed by atoms with van der Waals surface area (Å²) in [6, 6.07) is 0. The molecule has 0 amide bonds.